The Morgan fingerprint density at radius 2 is 0.500 bits per heavy atom. The summed E-state index contributed by atoms with van der Waals surface area (Å²) in [6.07, 6.45) is 9.79. The van der Waals surface area contributed by atoms with Crippen LogP contribution in [0.1, 0.15) is 34.2 Å². The number of hydrogen-bond donors (Lipinski definition) is 2. The molecule has 0 aromatic carbocycles. The van der Waals surface area contributed by atoms with Crippen molar-refractivity contribution in [1.29, 1.82) is 0 Å². The van der Waals surface area contributed by atoms with Gasteiger partial charge in [-0.05, 0) is 72.8 Å². The molecule has 0 atom stereocenters. The molecule has 6 aromatic heterocycles. The molecule has 2 N–H and O–H groups in total. The van der Waals surface area contributed by atoms with Crippen molar-refractivity contribution in [1.82, 2.24) is 29.9 Å². The Kier molecular flexibility index (Phi) is 33.0. The van der Waals surface area contributed by atoms with Crippen molar-refractivity contribution in [3.63, 3.8) is 0 Å². The van der Waals surface area contributed by atoms with Crippen LogP contribution in [0.15, 0.2) is 146 Å². The summed E-state index contributed by atoms with van der Waals surface area (Å²) in [7, 11) is 0. The standard InChI is InChI=1S/2C6H7NO.4C6H6NO.2Cu/c6*8-5-6-3-1-2-4-7-6;;/h2*1-4,8H,5H2;4*1-4H,5H2;;/q;;4*-1;2*+2. The van der Waals surface area contributed by atoms with Gasteiger partial charge in [0.25, 0.3) is 0 Å². The summed E-state index contributed by atoms with van der Waals surface area (Å²) in [6, 6.07) is 32.1. The third-order valence-corrected chi connectivity index (χ3v) is 5.27. The fraction of sp³-hybridized carbons (Fsp3) is 0.167. The van der Waals surface area contributed by atoms with Crippen molar-refractivity contribution in [3.05, 3.63) is 181 Å². The number of aliphatic hydroxyl groups is 2. The number of rotatable bonds is 6. The number of hydrogen-bond acceptors (Lipinski definition) is 12. The van der Waals surface area contributed by atoms with Gasteiger partial charge in [0.15, 0.2) is 0 Å². The third-order valence-electron chi connectivity index (χ3n) is 5.27. The van der Waals surface area contributed by atoms with Crippen LogP contribution in [0.5, 0.6) is 0 Å². The fourth-order valence-corrected chi connectivity index (χ4v) is 2.92. The minimum absolute atomic E-state index is 0. The van der Waals surface area contributed by atoms with E-state index in [1.54, 1.807) is 122 Å². The first-order valence-electron chi connectivity index (χ1n) is 14.5. The van der Waals surface area contributed by atoms with E-state index in [0.717, 1.165) is 0 Å². The smallest absolute Gasteiger partial charge is 0.850 e. The zero-order valence-corrected chi connectivity index (χ0v) is 28.8. The van der Waals surface area contributed by atoms with Gasteiger partial charge in [0, 0.05) is 60.0 Å². The normalized spacial score (nSPS) is 8.76. The van der Waals surface area contributed by atoms with Crippen LogP contribution in [-0.2, 0) is 73.8 Å². The number of aliphatic hydroxyl groups excluding tert-OH is 2. The number of aromatic nitrogens is 6. The minimum atomic E-state index is -0.221. The first-order chi connectivity index (χ1) is 23.6. The molecule has 0 saturated carbocycles. The van der Waals surface area contributed by atoms with Gasteiger partial charge in [-0.25, -0.2) is 0 Å². The maximum Gasteiger partial charge on any atom is 2.00 e. The Hall–Kier alpha value is -4.30. The van der Waals surface area contributed by atoms with Crippen molar-refractivity contribution >= 4 is 0 Å². The maximum absolute atomic E-state index is 10.1. The molecule has 6 aromatic rings. The van der Waals surface area contributed by atoms with Gasteiger partial charge >= 0.3 is 34.1 Å². The van der Waals surface area contributed by atoms with Crippen molar-refractivity contribution in [2.45, 2.75) is 39.6 Å². The van der Waals surface area contributed by atoms with E-state index in [-0.39, 0.29) is 73.8 Å². The molecule has 0 aliphatic heterocycles. The van der Waals surface area contributed by atoms with Crippen LogP contribution in [0.25, 0.3) is 0 Å². The molecule has 0 saturated heterocycles. The van der Waals surface area contributed by atoms with Crippen LogP contribution in [0.4, 0.5) is 0 Å². The molecule has 0 aliphatic carbocycles. The van der Waals surface area contributed by atoms with E-state index in [4.69, 9.17) is 10.2 Å². The zero-order chi connectivity index (χ0) is 34.9. The van der Waals surface area contributed by atoms with Gasteiger partial charge in [0.1, 0.15) is 0 Å². The first-order valence-corrected chi connectivity index (χ1v) is 14.5. The van der Waals surface area contributed by atoms with Gasteiger partial charge in [-0.15, -0.1) is 0 Å². The van der Waals surface area contributed by atoms with Gasteiger partial charge in [0.2, 0.25) is 0 Å². The predicted octanol–water partition coefficient (Wildman–Crippen LogP) is 0.910. The van der Waals surface area contributed by atoms with Gasteiger partial charge in [-0.1, -0.05) is 62.8 Å². The average Bonchev–Trinajstić information content (AvgIpc) is 3.21. The Labute approximate surface area is 313 Å². The van der Waals surface area contributed by atoms with Gasteiger partial charge in [0.05, 0.1) is 24.6 Å². The van der Waals surface area contributed by atoms with E-state index in [9.17, 15) is 20.4 Å². The van der Waals surface area contributed by atoms with Crippen molar-refractivity contribution in [2.75, 3.05) is 0 Å². The van der Waals surface area contributed by atoms with Gasteiger partial charge in [-0.2, -0.15) is 0 Å². The van der Waals surface area contributed by atoms with E-state index in [1.165, 1.54) is 0 Å². The van der Waals surface area contributed by atoms with E-state index >= 15 is 0 Å². The average molecular weight is 778 g/mol. The topological polar surface area (TPSA) is 210 Å². The second-order valence-corrected chi connectivity index (χ2v) is 8.82. The summed E-state index contributed by atoms with van der Waals surface area (Å²) in [4.78, 5) is 22.8. The molecule has 270 valence electrons. The Balaban J connectivity index is 0. The molecule has 50 heavy (non-hydrogen) atoms. The van der Waals surface area contributed by atoms with Crippen LogP contribution in [-0.4, -0.2) is 40.1 Å². The third kappa shape index (κ3) is 25.7. The molecular weight excluding hydrogens is 740 g/mol. The summed E-state index contributed by atoms with van der Waals surface area (Å²) in [5.41, 5.74) is 3.85. The number of pyridine rings is 6. The number of nitrogens with zero attached hydrogens (tertiary/aromatic N) is 6. The van der Waals surface area contributed by atoms with E-state index in [2.05, 4.69) is 29.9 Å². The molecule has 0 aliphatic rings. The molecule has 0 spiro atoms. The molecule has 0 bridgehead atoms. The second kappa shape index (κ2) is 34.6. The Morgan fingerprint density at radius 3 is 0.580 bits per heavy atom. The molecule has 0 unspecified atom stereocenters. The summed E-state index contributed by atoms with van der Waals surface area (Å²) in [5.74, 6) is 0. The fourth-order valence-electron chi connectivity index (χ4n) is 2.92. The Bertz CT molecular complexity index is 1220. The molecule has 6 heterocycles. The summed E-state index contributed by atoms with van der Waals surface area (Å²) >= 11 is 0. The van der Waals surface area contributed by atoms with Crippen molar-refractivity contribution in [3.8, 4) is 0 Å². The maximum atomic E-state index is 10.1. The monoisotopic (exact) mass is 776 g/mol. The zero-order valence-electron chi connectivity index (χ0n) is 26.9. The van der Waals surface area contributed by atoms with Crippen LogP contribution < -0.4 is 20.4 Å². The summed E-state index contributed by atoms with van der Waals surface area (Å²) < 4.78 is 0. The largest absolute Gasteiger partial charge is 2.00 e. The first kappa shape index (κ1) is 47.8. The molecule has 12 nitrogen and oxygen atoms in total. The molecule has 0 amide bonds. The SMILES string of the molecule is OCc1ccccn1.OCc1ccccn1.[Cu+2].[Cu+2].[O-]Cc1ccccn1.[O-]Cc1ccccn1.[O-]Cc1ccccn1.[O-]Cc1ccccn1. The molecule has 2 radical (unpaired) electrons. The predicted molar refractivity (Wildman–Crippen MR) is 172 cm³/mol. The van der Waals surface area contributed by atoms with E-state index < -0.39 is 0 Å². The Morgan fingerprint density at radius 1 is 0.320 bits per heavy atom. The molecule has 14 heteroatoms. The van der Waals surface area contributed by atoms with Gasteiger partial charge in [-0.3, -0.25) is 29.9 Å². The second-order valence-electron chi connectivity index (χ2n) is 8.82. The summed E-state index contributed by atoms with van der Waals surface area (Å²) in [5, 5.41) is 57.2. The minimum Gasteiger partial charge on any atom is -0.850 e. The van der Waals surface area contributed by atoms with Crippen LogP contribution >= 0.6 is 0 Å². The van der Waals surface area contributed by atoms with Crippen molar-refractivity contribution in [2.24, 2.45) is 0 Å². The van der Waals surface area contributed by atoms with Gasteiger partial charge < -0.3 is 30.6 Å². The quantitative estimate of drug-likeness (QED) is 0.226. The van der Waals surface area contributed by atoms with E-state index in [1.807, 2.05) is 24.3 Å². The van der Waals surface area contributed by atoms with Crippen LogP contribution in [0, 0.1) is 0 Å². The van der Waals surface area contributed by atoms with Crippen molar-refractivity contribution < 1.29 is 64.8 Å². The molecular formula is C36H38Cu2N6O6. The van der Waals surface area contributed by atoms with Crippen LogP contribution in [0.3, 0.4) is 0 Å². The van der Waals surface area contributed by atoms with Crippen LogP contribution in [0.2, 0.25) is 0 Å². The summed E-state index contributed by atoms with van der Waals surface area (Å²) in [6.45, 7) is -0.828. The van der Waals surface area contributed by atoms with E-state index in [0.29, 0.717) is 34.2 Å². The molecule has 0 fully saturated rings. The molecule has 6 rings (SSSR count).